The number of hydrogen-bond donors (Lipinski definition) is 0. The first kappa shape index (κ1) is 24.5. The normalized spacial score (nSPS) is 12.3. The summed E-state index contributed by atoms with van der Waals surface area (Å²) in [4.78, 5) is 10.8. The van der Waals surface area contributed by atoms with Gasteiger partial charge in [-0.25, -0.2) is 9.97 Å². The summed E-state index contributed by atoms with van der Waals surface area (Å²) in [6.07, 6.45) is 0. The summed E-state index contributed by atoms with van der Waals surface area (Å²) < 4.78 is 4.81. The molecule has 11 rings (SSSR count). The first-order valence-corrected chi connectivity index (χ1v) is 16.4. The summed E-state index contributed by atoms with van der Waals surface area (Å²) in [6.45, 7) is 0. The molecule has 0 unspecified atom stereocenters. The van der Waals surface area contributed by atoms with E-state index in [2.05, 4.69) is 144 Å². The van der Waals surface area contributed by atoms with Gasteiger partial charge in [-0.3, -0.25) is 4.57 Å². The van der Waals surface area contributed by atoms with Crippen LogP contribution in [0.1, 0.15) is 0 Å². The Bertz CT molecular complexity index is 2820. The molecule has 0 N–H and O–H groups in total. The van der Waals surface area contributed by atoms with E-state index in [1.54, 1.807) is 0 Å². The standard InChI is InChI=1S/C42H23N3S/c1-2-10-25(11-3-1)41-32-22-31-26-14-4-5-21-36(26)46-37(31)23-33(32)43-42(44-41)45-34-19-8-17-29-27-15-6-12-24-13-7-16-28(38(24)27)30-18-9-20-35(45)40(30)39(29)34/h1-23H. The van der Waals surface area contributed by atoms with Gasteiger partial charge in [-0.2, -0.15) is 0 Å². The Hall–Kier alpha value is -5.84. The van der Waals surface area contributed by atoms with Crippen molar-refractivity contribution in [1.82, 2.24) is 14.5 Å². The quantitative estimate of drug-likeness (QED) is 0.197. The van der Waals surface area contributed by atoms with Crippen molar-refractivity contribution in [3.63, 3.8) is 0 Å². The lowest BCUT2D eigenvalue weighted by atomic mass is 9.93. The molecule has 46 heavy (non-hydrogen) atoms. The van der Waals surface area contributed by atoms with E-state index in [0.29, 0.717) is 5.95 Å². The fourth-order valence-corrected chi connectivity index (χ4v) is 8.94. The largest absolute Gasteiger partial charge is 0.278 e. The lowest BCUT2D eigenvalue weighted by Crippen LogP contribution is -2.03. The maximum Gasteiger partial charge on any atom is 0.235 e. The number of aromatic nitrogens is 3. The van der Waals surface area contributed by atoms with Crippen molar-refractivity contribution in [2.45, 2.75) is 0 Å². The van der Waals surface area contributed by atoms with Gasteiger partial charge in [0.1, 0.15) is 0 Å². The van der Waals surface area contributed by atoms with Gasteiger partial charge in [0.25, 0.3) is 0 Å². The Morgan fingerprint density at radius 2 is 1.09 bits per heavy atom. The third kappa shape index (κ3) is 3.16. The summed E-state index contributed by atoms with van der Waals surface area (Å²) in [5.74, 6) is 0.688. The Morgan fingerprint density at radius 3 is 1.80 bits per heavy atom. The van der Waals surface area contributed by atoms with Gasteiger partial charge < -0.3 is 0 Å². The number of benzene rings is 7. The molecule has 0 spiro atoms. The smallest absolute Gasteiger partial charge is 0.235 e. The highest BCUT2D eigenvalue weighted by atomic mass is 32.1. The van der Waals surface area contributed by atoms with Crippen LogP contribution in [0.3, 0.4) is 0 Å². The molecule has 0 saturated heterocycles. The van der Waals surface area contributed by atoms with Gasteiger partial charge in [-0.05, 0) is 63.4 Å². The fraction of sp³-hybridized carbons (Fsp3) is 0. The number of fused-ring (bicyclic) bond motifs is 6. The predicted octanol–water partition coefficient (Wildman–Crippen LogP) is 11.6. The summed E-state index contributed by atoms with van der Waals surface area (Å²) in [7, 11) is 0. The number of thiophene rings is 1. The van der Waals surface area contributed by atoms with Crippen LogP contribution in [0.2, 0.25) is 0 Å². The Labute approximate surface area is 267 Å². The number of nitrogens with zero attached hydrogens (tertiary/aromatic N) is 3. The lowest BCUT2D eigenvalue weighted by molar-refractivity contribution is 1.01. The summed E-state index contributed by atoms with van der Waals surface area (Å²) in [5, 5.41) is 8.68. The molecule has 0 saturated carbocycles. The molecular weight excluding hydrogens is 579 g/mol. The molecule has 0 bridgehead atoms. The van der Waals surface area contributed by atoms with Crippen molar-refractivity contribution in [3.05, 3.63) is 140 Å². The second kappa shape index (κ2) is 8.87. The molecule has 3 nitrogen and oxygen atoms in total. The second-order valence-corrected chi connectivity index (χ2v) is 13.2. The van der Waals surface area contributed by atoms with E-state index in [9.17, 15) is 0 Å². The maximum atomic E-state index is 5.43. The molecule has 3 aromatic heterocycles. The SMILES string of the molecule is c1ccc(-c2nc(-n3c4cccc5c4c4c(cccc43)-c3cccc4cccc-5c34)nc3cc4sc5ccccc5c4cc23)cc1. The first-order valence-electron chi connectivity index (χ1n) is 15.6. The topological polar surface area (TPSA) is 30.7 Å². The van der Waals surface area contributed by atoms with E-state index in [-0.39, 0.29) is 0 Å². The average molecular weight is 602 g/mol. The van der Waals surface area contributed by atoms with Crippen molar-refractivity contribution in [2.75, 3.05) is 0 Å². The highest BCUT2D eigenvalue weighted by molar-refractivity contribution is 7.25. The van der Waals surface area contributed by atoms with E-state index in [4.69, 9.17) is 9.97 Å². The van der Waals surface area contributed by atoms with Crippen LogP contribution >= 0.6 is 11.3 Å². The van der Waals surface area contributed by atoms with Crippen LogP contribution in [0, 0.1) is 0 Å². The summed E-state index contributed by atoms with van der Waals surface area (Å²) >= 11 is 1.82. The van der Waals surface area contributed by atoms with Crippen molar-refractivity contribution in [3.8, 4) is 39.5 Å². The van der Waals surface area contributed by atoms with Crippen LogP contribution in [0.5, 0.6) is 0 Å². The van der Waals surface area contributed by atoms with Gasteiger partial charge >= 0.3 is 0 Å². The first-order chi connectivity index (χ1) is 22.8. The molecule has 1 aliphatic carbocycles. The third-order valence-corrected chi connectivity index (χ3v) is 10.9. The van der Waals surface area contributed by atoms with Crippen LogP contribution in [0.25, 0.3) is 103 Å². The van der Waals surface area contributed by atoms with Crippen LogP contribution in [-0.4, -0.2) is 14.5 Å². The van der Waals surface area contributed by atoms with Crippen LogP contribution in [0.15, 0.2) is 140 Å². The number of hydrogen-bond acceptors (Lipinski definition) is 3. The molecular formula is C42H23N3S. The zero-order chi connectivity index (χ0) is 29.9. The molecule has 0 radical (unpaired) electrons. The van der Waals surface area contributed by atoms with Crippen LogP contribution in [0.4, 0.5) is 0 Å². The molecule has 3 heterocycles. The Balaban J connectivity index is 1.29. The molecule has 4 heteroatoms. The van der Waals surface area contributed by atoms with Crippen molar-refractivity contribution in [1.29, 1.82) is 0 Å². The van der Waals surface area contributed by atoms with Crippen molar-refractivity contribution < 1.29 is 0 Å². The molecule has 1 aliphatic rings. The molecule has 0 amide bonds. The molecule has 0 aliphatic heterocycles. The van der Waals surface area contributed by atoms with Crippen molar-refractivity contribution >= 4 is 75.0 Å². The van der Waals surface area contributed by atoms with Crippen molar-refractivity contribution in [2.24, 2.45) is 0 Å². The van der Waals surface area contributed by atoms with Gasteiger partial charge in [-0.15, -0.1) is 11.3 Å². The van der Waals surface area contributed by atoms with E-state index in [1.165, 1.54) is 64.0 Å². The lowest BCUT2D eigenvalue weighted by Gasteiger charge is -2.14. The maximum absolute atomic E-state index is 5.43. The second-order valence-electron chi connectivity index (χ2n) is 12.1. The molecule has 0 fully saturated rings. The molecule has 0 atom stereocenters. The van der Waals surface area contributed by atoms with E-state index < -0.39 is 0 Å². The minimum absolute atomic E-state index is 0.688. The number of rotatable bonds is 2. The van der Waals surface area contributed by atoms with Crippen LogP contribution < -0.4 is 0 Å². The summed E-state index contributed by atoms with van der Waals surface area (Å²) in [5.41, 5.74) is 10.3. The monoisotopic (exact) mass is 601 g/mol. The zero-order valence-corrected chi connectivity index (χ0v) is 25.3. The molecule has 10 aromatic rings. The average Bonchev–Trinajstić information content (AvgIpc) is 3.61. The van der Waals surface area contributed by atoms with E-state index >= 15 is 0 Å². The van der Waals surface area contributed by atoms with Crippen LogP contribution in [-0.2, 0) is 0 Å². The van der Waals surface area contributed by atoms with Gasteiger partial charge in [0.05, 0.1) is 22.2 Å². The fourth-order valence-electron chi connectivity index (χ4n) is 7.81. The Kier molecular flexibility index (Phi) is 4.72. The highest BCUT2D eigenvalue weighted by Crippen LogP contribution is 2.49. The van der Waals surface area contributed by atoms with Gasteiger partial charge in [0.15, 0.2) is 0 Å². The molecule has 212 valence electrons. The minimum atomic E-state index is 0.688. The highest BCUT2D eigenvalue weighted by Gasteiger charge is 2.25. The predicted molar refractivity (Wildman–Crippen MR) is 194 cm³/mol. The van der Waals surface area contributed by atoms with Gasteiger partial charge in [0.2, 0.25) is 5.95 Å². The Morgan fingerprint density at radius 1 is 0.457 bits per heavy atom. The van der Waals surface area contributed by atoms with E-state index in [0.717, 1.165) is 33.2 Å². The zero-order valence-electron chi connectivity index (χ0n) is 24.5. The molecule has 7 aromatic carbocycles. The minimum Gasteiger partial charge on any atom is -0.278 e. The van der Waals surface area contributed by atoms with E-state index in [1.807, 2.05) is 11.3 Å². The van der Waals surface area contributed by atoms with Gasteiger partial charge in [-0.1, -0.05) is 109 Å². The summed E-state index contributed by atoms with van der Waals surface area (Å²) in [6, 6.07) is 50.5. The third-order valence-electron chi connectivity index (χ3n) is 9.73. The van der Waals surface area contributed by atoms with Gasteiger partial charge in [0, 0.05) is 41.9 Å².